The van der Waals surface area contributed by atoms with E-state index < -0.39 is 0 Å². The molecule has 0 N–H and O–H groups in total. The molecular weight excluding hydrogens is 549 g/mol. The number of carbonyl (C=O) groups excluding carboxylic acids is 1. The number of hydrogen-bond acceptors (Lipinski definition) is 4. The Morgan fingerprint density at radius 1 is 0.773 bits per heavy atom. The molecule has 0 spiro atoms. The van der Waals surface area contributed by atoms with Crippen molar-refractivity contribution in [3.63, 3.8) is 0 Å². The fraction of sp³-hybridized carbons (Fsp3) is 0.237. The normalized spacial score (nSPS) is 15.7. The van der Waals surface area contributed by atoms with Gasteiger partial charge in [-0.2, -0.15) is 0 Å². The Kier molecular flexibility index (Phi) is 7.52. The molecule has 7 rings (SSSR count). The number of rotatable bonds is 8. The lowest BCUT2D eigenvalue weighted by atomic mass is 9.95. The summed E-state index contributed by atoms with van der Waals surface area (Å²) in [6, 6.07) is 34.5. The molecule has 0 aromatic heterocycles. The topological polar surface area (TPSA) is 36.0 Å². The van der Waals surface area contributed by atoms with Crippen LogP contribution in [0.2, 0.25) is 0 Å². The second-order valence-electron chi connectivity index (χ2n) is 11.8. The van der Waals surface area contributed by atoms with Crippen molar-refractivity contribution in [2.24, 2.45) is 0 Å². The minimum absolute atomic E-state index is 0.0478. The molecule has 222 valence electrons. The van der Waals surface area contributed by atoms with Crippen LogP contribution in [0.5, 0.6) is 5.75 Å². The number of piperazine rings is 1. The Morgan fingerprint density at radius 2 is 1.50 bits per heavy atom. The smallest absolute Gasteiger partial charge is 0.259 e. The first-order chi connectivity index (χ1) is 21.5. The first kappa shape index (κ1) is 28.1. The van der Waals surface area contributed by atoms with Crippen LogP contribution in [0.15, 0.2) is 103 Å². The van der Waals surface area contributed by atoms with Gasteiger partial charge in [0.25, 0.3) is 5.91 Å². The zero-order chi connectivity index (χ0) is 30.2. The number of anilines is 2. The third-order valence-corrected chi connectivity index (χ3v) is 9.29. The van der Waals surface area contributed by atoms with Crippen molar-refractivity contribution in [1.29, 1.82) is 0 Å². The molecule has 5 aromatic carbocycles. The van der Waals surface area contributed by atoms with Crippen LogP contribution in [0.25, 0.3) is 10.8 Å². The zero-order valence-electron chi connectivity index (χ0n) is 25.2. The molecule has 2 heterocycles. The number of halogens is 1. The van der Waals surface area contributed by atoms with Crippen LogP contribution in [0.1, 0.15) is 45.6 Å². The number of amides is 1. The van der Waals surface area contributed by atoms with E-state index in [0.29, 0.717) is 12.2 Å². The average Bonchev–Trinajstić information content (AvgIpc) is 3.34. The highest BCUT2D eigenvalue weighted by molar-refractivity contribution is 6.25. The van der Waals surface area contributed by atoms with Gasteiger partial charge >= 0.3 is 0 Å². The van der Waals surface area contributed by atoms with Gasteiger partial charge in [0.15, 0.2) is 0 Å². The van der Waals surface area contributed by atoms with Crippen molar-refractivity contribution in [3.05, 3.63) is 137 Å². The lowest BCUT2D eigenvalue weighted by Gasteiger charge is -2.39. The number of carbonyl (C=O) groups is 1. The Hall–Kier alpha value is -4.68. The summed E-state index contributed by atoms with van der Waals surface area (Å²) in [7, 11) is 1.66. The van der Waals surface area contributed by atoms with E-state index in [1.54, 1.807) is 13.2 Å². The van der Waals surface area contributed by atoms with E-state index in [1.807, 2.05) is 53.4 Å². The lowest BCUT2D eigenvalue weighted by molar-refractivity contribution is 0.0991. The number of nitrogens with zero attached hydrogens (tertiary/aromatic N) is 3. The second-order valence-corrected chi connectivity index (χ2v) is 11.8. The molecule has 2 aliphatic rings. The van der Waals surface area contributed by atoms with Gasteiger partial charge in [-0.1, -0.05) is 66.7 Å². The molecule has 1 atom stereocenters. The minimum atomic E-state index is -0.151. The van der Waals surface area contributed by atoms with Crippen LogP contribution < -0.4 is 14.5 Å². The van der Waals surface area contributed by atoms with E-state index in [9.17, 15) is 9.18 Å². The monoisotopic (exact) mass is 585 g/mol. The molecule has 1 unspecified atom stereocenters. The van der Waals surface area contributed by atoms with Crippen molar-refractivity contribution < 1.29 is 13.9 Å². The maximum absolute atomic E-state index is 14.3. The molecule has 1 fully saturated rings. The highest BCUT2D eigenvalue weighted by atomic mass is 19.1. The SMILES string of the molecule is COc1ccc(CN2C(=O)c3cccc4c(Cc5ccc(C(C)N6CCN(c7ccccc7F)CC6)cc5)ccc2c34)cc1. The quantitative estimate of drug-likeness (QED) is 0.188. The van der Waals surface area contributed by atoms with Gasteiger partial charge in [0.1, 0.15) is 11.6 Å². The molecule has 0 aliphatic carbocycles. The molecule has 6 heteroatoms. The summed E-state index contributed by atoms with van der Waals surface area (Å²) in [5, 5.41) is 2.18. The van der Waals surface area contributed by atoms with Crippen molar-refractivity contribution in [1.82, 2.24) is 4.90 Å². The van der Waals surface area contributed by atoms with Crippen LogP contribution in [-0.2, 0) is 13.0 Å². The van der Waals surface area contributed by atoms with Crippen molar-refractivity contribution in [3.8, 4) is 5.75 Å². The predicted molar refractivity (Wildman–Crippen MR) is 175 cm³/mol. The van der Waals surface area contributed by atoms with Gasteiger partial charge in [0, 0.05) is 43.2 Å². The summed E-state index contributed by atoms with van der Waals surface area (Å²) in [5.41, 5.74) is 7.24. The summed E-state index contributed by atoms with van der Waals surface area (Å²) >= 11 is 0. The van der Waals surface area contributed by atoms with E-state index in [2.05, 4.69) is 59.2 Å². The number of para-hydroxylation sites is 1. The highest BCUT2D eigenvalue weighted by Gasteiger charge is 2.30. The van der Waals surface area contributed by atoms with Gasteiger partial charge in [-0.05, 0) is 77.4 Å². The molecule has 5 nitrogen and oxygen atoms in total. The van der Waals surface area contributed by atoms with Crippen LogP contribution in [-0.4, -0.2) is 44.1 Å². The lowest BCUT2D eigenvalue weighted by Crippen LogP contribution is -2.47. The van der Waals surface area contributed by atoms with Gasteiger partial charge < -0.3 is 14.5 Å². The first-order valence-corrected chi connectivity index (χ1v) is 15.3. The van der Waals surface area contributed by atoms with E-state index in [1.165, 1.54) is 22.8 Å². The van der Waals surface area contributed by atoms with Gasteiger partial charge in [0.05, 0.1) is 25.0 Å². The van der Waals surface area contributed by atoms with Gasteiger partial charge in [0.2, 0.25) is 0 Å². The predicted octanol–water partition coefficient (Wildman–Crippen LogP) is 7.62. The van der Waals surface area contributed by atoms with Gasteiger partial charge in [-0.25, -0.2) is 4.39 Å². The number of methoxy groups -OCH3 is 1. The van der Waals surface area contributed by atoms with Crippen LogP contribution >= 0.6 is 0 Å². The molecule has 0 saturated carbocycles. The summed E-state index contributed by atoms with van der Waals surface area (Å²) in [6.45, 7) is 6.19. The fourth-order valence-corrected chi connectivity index (χ4v) is 6.73. The molecule has 2 aliphatic heterocycles. The summed E-state index contributed by atoms with van der Waals surface area (Å²) in [4.78, 5) is 20.0. The Bertz CT molecular complexity index is 1810. The molecule has 0 radical (unpaired) electrons. The standard InChI is InChI=1S/C38H36FN3O2/c1-26(40-20-22-41(23-21-40)35-9-4-3-8-34(35)39)29-14-10-27(11-15-29)24-30-16-19-36-37-32(30)6-5-7-33(37)38(43)42(36)25-28-12-17-31(44-2)18-13-28/h3-19,26H,20-25H2,1-2H3. The maximum Gasteiger partial charge on any atom is 0.259 e. The number of benzene rings is 5. The van der Waals surface area contributed by atoms with E-state index in [-0.39, 0.29) is 17.8 Å². The third kappa shape index (κ3) is 5.20. The minimum Gasteiger partial charge on any atom is -0.497 e. The Labute approximate surface area is 258 Å². The Morgan fingerprint density at radius 3 is 2.23 bits per heavy atom. The van der Waals surface area contributed by atoms with Crippen LogP contribution in [0.4, 0.5) is 15.8 Å². The number of ether oxygens (including phenoxy) is 1. The van der Waals surface area contributed by atoms with Gasteiger partial charge in [-0.15, -0.1) is 0 Å². The average molecular weight is 586 g/mol. The maximum atomic E-state index is 14.3. The second kappa shape index (κ2) is 11.8. The van der Waals surface area contributed by atoms with E-state index in [4.69, 9.17) is 4.74 Å². The first-order valence-electron chi connectivity index (χ1n) is 15.3. The molecule has 0 bridgehead atoms. The highest BCUT2D eigenvalue weighted by Crippen LogP contribution is 2.40. The fourth-order valence-electron chi connectivity index (χ4n) is 6.73. The summed E-state index contributed by atoms with van der Waals surface area (Å²) in [5.74, 6) is 0.701. The largest absolute Gasteiger partial charge is 0.497 e. The third-order valence-electron chi connectivity index (χ3n) is 9.29. The summed E-state index contributed by atoms with van der Waals surface area (Å²) < 4.78 is 19.6. The van der Waals surface area contributed by atoms with E-state index in [0.717, 1.165) is 65.9 Å². The molecule has 1 amide bonds. The molecule has 44 heavy (non-hydrogen) atoms. The summed E-state index contributed by atoms with van der Waals surface area (Å²) in [6.07, 6.45) is 0.795. The zero-order valence-corrected chi connectivity index (χ0v) is 25.2. The number of hydrogen-bond donors (Lipinski definition) is 0. The van der Waals surface area contributed by atoms with Crippen molar-refractivity contribution in [2.75, 3.05) is 43.1 Å². The van der Waals surface area contributed by atoms with Crippen molar-refractivity contribution in [2.45, 2.75) is 25.9 Å². The molecular formula is C38H36FN3O2. The van der Waals surface area contributed by atoms with Crippen LogP contribution in [0.3, 0.4) is 0 Å². The molecule has 1 saturated heterocycles. The molecule has 5 aromatic rings. The van der Waals surface area contributed by atoms with Crippen molar-refractivity contribution >= 4 is 28.1 Å². The van der Waals surface area contributed by atoms with Crippen LogP contribution in [0, 0.1) is 5.82 Å². The van der Waals surface area contributed by atoms with Gasteiger partial charge in [-0.3, -0.25) is 9.69 Å². The Balaban J connectivity index is 1.05. The van der Waals surface area contributed by atoms with E-state index >= 15 is 0 Å².